The molecule has 0 spiro atoms. The van der Waals surface area contributed by atoms with Gasteiger partial charge in [0, 0.05) is 6.42 Å². The Kier molecular flexibility index (Phi) is 47.2. The number of amides is 1. The Morgan fingerprint density at radius 2 is 0.884 bits per heavy atom. The highest BCUT2D eigenvalue weighted by atomic mass is 31.2. The topological polar surface area (TPSA) is 105 Å². The zero-order chi connectivity index (χ0) is 50.6. The number of nitrogens with zero attached hydrogens (tertiary/aromatic N) is 1. The Bertz CT molecular complexity index is 1580. The van der Waals surface area contributed by atoms with E-state index in [9.17, 15) is 19.4 Å². The van der Waals surface area contributed by atoms with Gasteiger partial charge >= 0.3 is 7.82 Å². The maximum absolute atomic E-state index is 12.9. The number of hydrogen-bond acceptors (Lipinski definition) is 5. The van der Waals surface area contributed by atoms with Crippen LogP contribution in [0, 0.1) is 0 Å². The number of likely N-dealkylation sites (N-methyl/N-ethyl adjacent to an activating group) is 1. The number of phosphoric ester groups is 1. The van der Waals surface area contributed by atoms with Gasteiger partial charge in [-0.1, -0.05) is 218 Å². The largest absolute Gasteiger partial charge is 0.472 e. The molecule has 0 aromatic rings. The molecular weight excluding hydrogens is 876 g/mol. The molecule has 0 aliphatic heterocycles. The van der Waals surface area contributed by atoms with Gasteiger partial charge in [0.2, 0.25) is 5.91 Å². The van der Waals surface area contributed by atoms with Gasteiger partial charge in [0.15, 0.2) is 0 Å². The van der Waals surface area contributed by atoms with Gasteiger partial charge in [-0.05, 0) is 96.3 Å². The van der Waals surface area contributed by atoms with Gasteiger partial charge in [-0.2, -0.15) is 0 Å². The van der Waals surface area contributed by atoms with Crippen LogP contribution in [-0.4, -0.2) is 73.4 Å². The molecule has 0 fully saturated rings. The number of carbonyl (C=O) groups excluding carboxylic acids is 1. The third-order valence-electron chi connectivity index (χ3n) is 11.1. The number of carbonyl (C=O) groups is 1. The van der Waals surface area contributed by atoms with E-state index >= 15 is 0 Å². The summed E-state index contributed by atoms with van der Waals surface area (Å²) in [5.74, 6) is -0.201. The minimum atomic E-state index is -4.35. The fourth-order valence-electron chi connectivity index (χ4n) is 6.86. The average Bonchev–Trinajstić information content (AvgIpc) is 3.31. The van der Waals surface area contributed by atoms with E-state index in [0.717, 1.165) is 103 Å². The summed E-state index contributed by atoms with van der Waals surface area (Å²) in [6, 6.07) is -0.870. The molecule has 0 aromatic carbocycles. The number of hydrogen-bond donors (Lipinski definition) is 3. The zero-order valence-electron chi connectivity index (χ0n) is 44.5. The highest BCUT2D eigenvalue weighted by Gasteiger charge is 2.27. The normalized spacial score (nSPS) is 15.1. The van der Waals surface area contributed by atoms with Crippen LogP contribution >= 0.6 is 7.82 Å². The van der Waals surface area contributed by atoms with Crippen molar-refractivity contribution in [2.75, 3.05) is 40.9 Å². The Morgan fingerprint density at radius 3 is 1.33 bits per heavy atom. The van der Waals surface area contributed by atoms with Crippen molar-refractivity contribution in [1.29, 1.82) is 0 Å². The highest BCUT2D eigenvalue weighted by Crippen LogP contribution is 2.43. The lowest BCUT2D eigenvalue weighted by Crippen LogP contribution is -2.45. The summed E-state index contributed by atoms with van der Waals surface area (Å²) >= 11 is 0. The highest BCUT2D eigenvalue weighted by molar-refractivity contribution is 7.47. The molecule has 1 amide bonds. The second-order valence-corrected chi connectivity index (χ2v) is 20.3. The van der Waals surface area contributed by atoms with E-state index in [4.69, 9.17) is 9.05 Å². The van der Waals surface area contributed by atoms with E-state index in [2.05, 4.69) is 141 Å². The van der Waals surface area contributed by atoms with Crippen molar-refractivity contribution in [1.82, 2.24) is 5.32 Å². The van der Waals surface area contributed by atoms with E-state index in [0.29, 0.717) is 17.4 Å². The average molecular weight is 978 g/mol. The first-order chi connectivity index (χ1) is 33.5. The number of unbranched alkanes of at least 4 members (excludes halogenated alkanes) is 14. The van der Waals surface area contributed by atoms with E-state index in [1.807, 2.05) is 27.2 Å². The molecule has 0 bridgehead atoms. The van der Waals surface area contributed by atoms with E-state index < -0.39 is 20.0 Å². The Balaban J connectivity index is 4.01. The first-order valence-electron chi connectivity index (χ1n) is 27.1. The van der Waals surface area contributed by atoms with Crippen LogP contribution < -0.4 is 5.32 Å². The summed E-state index contributed by atoms with van der Waals surface area (Å²) in [4.78, 5) is 23.1. The first-order valence-corrected chi connectivity index (χ1v) is 28.6. The molecule has 3 unspecified atom stereocenters. The molecular formula is C60H102N2O6P+. The van der Waals surface area contributed by atoms with Crippen molar-refractivity contribution in [3.05, 3.63) is 134 Å². The fraction of sp³-hybridized carbons (Fsp3) is 0.617. The Labute approximate surface area is 424 Å². The Morgan fingerprint density at radius 1 is 0.507 bits per heavy atom. The van der Waals surface area contributed by atoms with Gasteiger partial charge in [0.05, 0.1) is 39.9 Å². The molecule has 8 nitrogen and oxygen atoms in total. The predicted molar refractivity (Wildman–Crippen MR) is 299 cm³/mol. The summed E-state index contributed by atoms with van der Waals surface area (Å²) in [5, 5.41) is 13.7. The van der Waals surface area contributed by atoms with Crippen LogP contribution in [0.15, 0.2) is 134 Å². The molecule has 69 heavy (non-hydrogen) atoms. The van der Waals surface area contributed by atoms with Crippen LogP contribution in [0.5, 0.6) is 0 Å². The molecule has 9 heteroatoms. The van der Waals surface area contributed by atoms with Crippen LogP contribution in [0.25, 0.3) is 0 Å². The minimum Gasteiger partial charge on any atom is -0.387 e. The molecule has 3 N–H and O–H groups in total. The van der Waals surface area contributed by atoms with Crippen LogP contribution in [0.4, 0.5) is 0 Å². The van der Waals surface area contributed by atoms with Crippen molar-refractivity contribution in [3.63, 3.8) is 0 Å². The molecule has 392 valence electrons. The van der Waals surface area contributed by atoms with Crippen molar-refractivity contribution >= 4 is 13.7 Å². The molecule has 0 heterocycles. The van der Waals surface area contributed by atoms with Crippen LogP contribution in [-0.2, 0) is 18.4 Å². The standard InChI is InChI=1S/C60H101N2O6P/c1-6-8-10-12-14-16-17-18-19-20-21-22-23-24-25-26-27-28-29-30-31-32-33-34-35-36-37-38-39-40-41-42-43-44-45-46-48-50-52-54-60(64)61-58(57-68-69(65,66)67-56-55-62(3,4)5)59(63)53-51-49-47-15-13-11-9-7-2/h8,10,13-16,18-19,21-22,24-25,27-28,30-31,33-34,36-37,51,53,58-59,63H,6-7,9,11-12,17,20,23,26,29,32,35,38-50,52,54-57H2,1-5H3,(H-,61,64,65,66)/p+1/b10-8-,15-13+,16-14-,19-18-,22-21-,25-24-,28-27-,31-30-,34-33-,37-36-,53-51+. The summed E-state index contributed by atoms with van der Waals surface area (Å²) < 4.78 is 23.5. The van der Waals surface area contributed by atoms with Crippen molar-refractivity contribution in [3.8, 4) is 0 Å². The number of rotatable bonds is 47. The quantitative estimate of drug-likeness (QED) is 0.0243. The van der Waals surface area contributed by atoms with E-state index in [1.165, 1.54) is 64.2 Å². The summed E-state index contributed by atoms with van der Waals surface area (Å²) in [7, 11) is 1.53. The molecule has 0 aliphatic rings. The first kappa shape index (κ1) is 65.6. The van der Waals surface area contributed by atoms with E-state index in [1.54, 1.807) is 6.08 Å². The lowest BCUT2D eigenvalue weighted by molar-refractivity contribution is -0.870. The fourth-order valence-corrected chi connectivity index (χ4v) is 7.59. The van der Waals surface area contributed by atoms with Crippen molar-refractivity contribution in [2.24, 2.45) is 0 Å². The van der Waals surface area contributed by atoms with E-state index in [-0.39, 0.29) is 19.1 Å². The maximum Gasteiger partial charge on any atom is 0.472 e. The number of phosphoric acid groups is 1. The van der Waals surface area contributed by atoms with Crippen LogP contribution in [0.1, 0.15) is 187 Å². The summed E-state index contributed by atoms with van der Waals surface area (Å²) in [6.45, 7) is 4.57. The van der Waals surface area contributed by atoms with Gasteiger partial charge in [-0.25, -0.2) is 4.57 Å². The molecule has 0 saturated heterocycles. The number of aliphatic hydroxyl groups excluding tert-OH is 1. The third kappa shape index (κ3) is 52.3. The van der Waals surface area contributed by atoms with Crippen molar-refractivity contribution < 1.29 is 32.9 Å². The number of nitrogens with one attached hydrogen (secondary N) is 1. The monoisotopic (exact) mass is 978 g/mol. The number of aliphatic hydroxyl groups is 1. The van der Waals surface area contributed by atoms with Gasteiger partial charge in [-0.3, -0.25) is 13.8 Å². The van der Waals surface area contributed by atoms with Crippen LogP contribution in [0.3, 0.4) is 0 Å². The smallest absolute Gasteiger partial charge is 0.387 e. The predicted octanol–water partition coefficient (Wildman–Crippen LogP) is 16.4. The molecule has 0 rings (SSSR count). The lowest BCUT2D eigenvalue weighted by Gasteiger charge is -2.25. The lowest BCUT2D eigenvalue weighted by atomic mass is 10.0. The molecule has 0 saturated carbocycles. The van der Waals surface area contributed by atoms with Gasteiger partial charge in [0.25, 0.3) is 0 Å². The second-order valence-electron chi connectivity index (χ2n) is 18.9. The number of allylic oxidation sites excluding steroid dienone is 21. The van der Waals surface area contributed by atoms with Gasteiger partial charge in [0.1, 0.15) is 13.2 Å². The number of quaternary nitrogens is 1. The van der Waals surface area contributed by atoms with Crippen molar-refractivity contribution in [2.45, 2.75) is 199 Å². The van der Waals surface area contributed by atoms with Crippen LogP contribution in [0.2, 0.25) is 0 Å². The third-order valence-corrected chi connectivity index (χ3v) is 12.1. The molecule has 0 aromatic heterocycles. The summed E-state index contributed by atoms with van der Waals surface area (Å²) in [5.41, 5.74) is 0. The molecule has 3 atom stereocenters. The SMILES string of the molecule is CC/C=C\C/C=C\C/C=C\C/C=C\C/C=C\C/C=C\C/C=C\C/C=C\C/C=C\CCCCCCCCCCCCCC(=O)NC(COP(=O)(O)OCC[N+](C)(C)C)C(O)/C=C/CC/C=C/CCCC. The Hall–Kier alpha value is -3.36. The summed E-state index contributed by atoms with van der Waals surface area (Å²) in [6.07, 6.45) is 75.8. The second kappa shape index (κ2) is 49.6. The molecule has 0 aliphatic carbocycles. The van der Waals surface area contributed by atoms with Gasteiger partial charge < -0.3 is 19.8 Å². The zero-order valence-corrected chi connectivity index (χ0v) is 45.4. The minimum absolute atomic E-state index is 0.0489. The maximum atomic E-state index is 12.9. The molecule has 0 radical (unpaired) electrons. The van der Waals surface area contributed by atoms with Gasteiger partial charge in [-0.15, -0.1) is 0 Å².